The van der Waals surface area contributed by atoms with Crippen LogP contribution >= 0.6 is 11.6 Å². The Kier molecular flexibility index (Phi) is 5.68. The average molecular weight is 491 g/mol. The first-order valence-corrected chi connectivity index (χ1v) is 9.59. The first-order chi connectivity index (χ1) is 15.5. The fourth-order valence-corrected chi connectivity index (χ4v) is 3.44. The smallest absolute Gasteiger partial charge is 0.438 e. The molecule has 1 atom stereocenters. The standard InChI is InChI=1S/C19H13ClF6N6O/c1-8-12(29-16(33-8)19(24,25)26)10-4-2-9(3-5-10)7-31-15-11(6-28-17(20)30-15)32(18(31)27)14(23)13(21)22/h2-6,13-14,27H,7H2,1H3. The third kappa shape index (κ3) is 4.19. The molecule has 4 rings (SSSR count). The Morgan fingerprint density at radius 1 is 1.12 bits per heavy atom. The lowest BCUT2D eigenvalue weighted by Gasteiger charge is -2.09. The summed E-state index contributed by atoms with van der Waals surface area (Å²) < 4.78 is 85.0. The second-order valence-electron chi connectivity index (χ2n) is 6.95. The second kappa shape index (κ2) is 8.21. The predicted molar refractivity (Wildman–Crippen MR) is 103 cm³/mol. The van der Waals surface area contributed by atoms with Gasteiger partial charge in [0.05, 0.1) is 12.7 Å². The highest BCUT2D eigenvalue weighted by molar-refractivity contribution is 6.28. The molecule has 1 N–H and O–H groups in total. The number of nitrogens with zero attached hydrogens (tertiary/aromatic N) is 5. The zero-order valence-corrected chi connectivity index (χ0v) is 17.3. The maximum Gasteiger partial charge on any atom is 0.468 e. The number of nitrogens with one attached hydrogen (secondary N) is 1. The van der Waals surface area contributed by atoms with Gasteiger partial charge in [-0.15, -0.1) is 0 Å². The minimum Gasteiger partial charge on any atom is -0.438 e. The Labute approximate surface area is 185 Å². The highest BCUT2D eigenvalue weighted by Gasteiger charge is 2.38. The summed E-state index contributed by atoms with van der Waals surface area (Å²) >= 11 is 5.79. The van der Waals surface area contributed by atoms with Crippen molar-refractivity contribution < 1.29 is 30.8 Å². The molecule has 0 fully saturated rings. The van der Waals surface area contributed by atoms with E-state index in [2.05, 4.69) is 19.4 Å². The normalized spacial score (nSPS) is 13.2. The number of fused-ring (bicyclic) bond motifs is 1. The van der Waals surface area contributed by atoms with Crippen LogP contribution in [0.25, 0.3) is 22.4 Å². The largest absolute Gasteiger partial charge is 0.468 e. The van der Waals surface area contributed by atoms with Crippen molar-refractivity contribution in [1.29, 1.82) is 5.41 Å². The lowest BCUT2D eigenvalue weighted by Crippen LogP contribution is -2.29. The van der Waals surface area contributed by atoms with Gasteiger partial charge < -0.3 is 4.42 Å². The van der Waals surface area contributed by atoms with Crippen molar-refractivity contribution in [3.8, 4) is 11.3 Å². The molecule has 3 aromatic heterocycles. The van der Waals surface area contributed by atoms with E-state index in [4.69, 9.17) is 17.0 Å². The first kappa shape index (κ1) is 22.8. The number of halogens is 7. The molecule has 33 heavy (non-hydrogen) atoms. The van der Waals surface area contributed by atoms with Crippen LogP contribution in [0.4, 0.5) is 26.3 Å². The lowest BCUT2D eigenvalue weighted by molar-refractivity contribution is -0.157. The van der Waals surface area contributed by atoms with Crippen LogP contribution in [0, 0.1) is 12.3 Å². The predicted octanol–water partition coefficient (Wildman–Crippen LogP) is 5.13. The van der Waals surface area contributed by atoms with Gasteiger partial charge in [-0.25, -0.2) is 23.1 Å². The van der Waals surface area contributed by atoms with E-state index in [1.165, 1.54) is 31.2 Å². The van der Waals surface area contributed by atoms with Gasteiger partial charge in [0.15, 0.2) is 5.65 Å². The summed E-state index contributed by atoms with van der Waals surface area (Å²) in [5, 5.41) is 7.97. The molecule has 0 bridgehead atoms. The van der Waals surface area contributed by atoms with Crippen LogP contribution in [0.15, 0.2) is 34.9 Å². The molecule has 4 aromatic rings. The van der Waals surface area contributed by atoms with E-state index in [1.807, 2.05) is 0 Å². The van der Waals surface area contributed by atoms with Gasteiger partial charge in [-0.3, -0.25) is 14.5 Å². The fraction of sp³-hybridized carbons (Fsp3) is 0.263. The van der Waals surface area contributed by atoms with E-state index in [0.717, 1.165) is 10.8 Å². The van der Waals surface area contributed by atoms with Crippen molar-refractivity contribution in [1.82, 2.24) is 24.1 Å². The molecule has 1 unspecified atom stereocenters. The molecule has 0 saturated heterocycles. The number of alkyl halides is 6. The zero-order chi connectivity index (χ0) is 24.1. The highest BCUT2D eigenvalue weighted by atomic mass is 35.5. The molecule has 0 saturated carbocycles. The Morgan fingerprint density at radius 3 is 2.36 bits per heavy atom. The average Bonchev–Trinajstić information content (AvgIpc) is 3.26. The van der Waals surface area contributed by atoms with E-state index in [9.17, 15) is 26.3 Å². The zero-order valence-electron chi connectivity index (χ0n) is 16.5. The number of hydrogen-bond acceptors (Lipinski definition) is 5. The Morgan fingerprint density at radius 2 is 1.79 bits per heavy atom. The molecule has 1 aromatic carbocycles. The maximum absolute atomic E-state index is 14.2. The molecule has 14 heteroatoms. The van der Waals surface area contributed by atoms with Crippen LogP contribution in [0.5, 0.6) is 0 Å². The van der Waals surface area contributed by atoms with E-state index in [-0.39, 0.29) is 34.4 Å². The van der Waals surface area contributed by atoms with Crippen LogP contribution in [-0.4, -0.2) is 30.5 Å². The van der Waals surface area contributed by atoms with Gasteiger partial charge in [0.25, 0.3) is 6.43 Å². The summed E-state index contributed by atoms with van der Waals surface area (Å²) in [6.45, 7) is 1.26. The third-order valence-corrected chi connectivity index (χ3v) is 4.96. The molecule has 0 spiro atoms. The van der Waals surface area contributed by atoms with Gasteiger partial charge in [0.1, 0.15) is 17.0 Å². The molecule has 0 aliphatic carbocycles. The van der Waals surface area contributed by atoms with Crippen molar-refractivity contribution in [2.45, 2.75) is 32.4 Å². The minimum atomic E-state index is -4.73. The molecule has 0 aliphatic heterocycles. The Hall–Kier alpha value is -3.35. The van der Waals surface area contributed by atoms with Crippen molar-refractivity contribution in [3.63, 3.8) is 0 Å². The summed E-state index contributed by atoms with van der Waals surface area (Å²) in [7, 11) is 0. The van der Waals surface area contributed by atoms with E-state index < -0.39 is 30.4 Å². The molecular weight excluding hydrogens is 478 g/mol. The van der Waals surface area contributed by atoms with Crippen LogP contribution in [0.2, 0.25) is 5.28 Å². The van der Waals surface area contributed by atoms with Gasteiger partial charge in [-0.1, -0.05) is 24.3 Å². The number of oxazole rings is 1. The van der Waals surface area contributed by atoms with E-state index in [1.54, 1.807) is 0 Å². The van der Waals surface area contributed by atoms with Crippen LogP contribution in [-0.2, 0) is 12.7 Å². The summed E-state index contributed by atoms with van der Waals surface area (Å²) in [5.41, 5.74) is 0.106. The molecule has 3 heterocycles. The second-order valence-corrected chi connectivity index (χ2v) is 7.29. The number of aryl methyl sites for hydroxylation is 1. The number of imidazole rings is 1. The van der Waals surface area contributed by atoms with E-state index in [0.29, 0.717) is 15.7 Å². The summed E-state index contributed by atoms with van der Waals surface area (Å²) in [6, 6.07) is 6.05. The van der Waals surface area contributed by atoms with Crippen LogP contribution < -0.4 is 5.62 Å². The number of hydrogen-bond donors (Lipinski definition) is 1. The molecule has 0 aliphatic rings. The monoisotopic (exact) mass is 490 g/mol. The third-order valence-electron chi connectivity index (χ3n) is 4.78. The molecule has 174 valence electrons. The maximum atomic E-state index is 14.2. The van der Waals surface area contributed by atoms with Crippen molar-refractivity contribution in [2.24, 2.45) is 0 Å². The molecule has 0 amide bonds. The number of benzene rings is 1. The SMILES string of the molecule is Cc1oc(C(F)(F)F)nc1-c1ccc(Cn2c(=N)n(C(F)C(F)F)c3cnc(Cl)nc32)cc1. The molecule has 0 radical (unpaired) electrons. The van der Waals surface area contributed by atoms with Gasteiger partial charge in [0, 0.05) is 5.56 Å². The van der Waals surface area contributed by atoms with Crippen LogP contribution in [0.3, 0.4) is 0 Å². The highest BCUT2D eigenvalue weighted by Crippen LogP contribution is 2.33. The number of aromatic nitrogens is 5. The van der Waals surface area contributed by atoms with Crippen molar-refractivity contribution in [2.75, 3.05) is 0 Å². The lowest BCUT2D eigenvalue weighted by atomic mass is 10.1. The van der Waals surface area contributed by atoms with Gasteiger partial charge in [-0.05, 0) is 24.1 Å². The topological polar surface area (TPSA) is 85.5 Å². The summed E-state index contributed by atoms with van der Waals surface area (Å²) in [6.07, 6.45) is -9.87. The van der Waals surface area contributed by atoms with Crippen molar-refractivity contribution in [3.05, 3.63) is 58.6 Å². The van der Waals surface area contributed by atoms with Crippen LogP contribution in [0.1, 0.15) is 23.5 Å². The minimum absolute atomic E-state index is 0.0102. The van der Waals surface area contributed by atoms with E-state index >= 15 is 0 Å². The Bertz CT molecular complexity index is 1370. The van der Waals surface area contributed by atoms with Gasteiger partial charge in [0.2, 0.25) is 17.2 Å². The van der Waals surface area contributed by atoms with Gasteiger partial charge in [-0.2, -0.15) is 18.2 Å². The quantitative estimate of drug-likeness (QED) is 0.310. The molecule has 7 nitrogen and oxygen atoms in total. The van der Waals surface area contributed by atoms with Crippen molar-refractivity contribution >= 4 is 22.8 Å². The summed E-state index contributed by atoms with van der Waals surface area (Å²) in [4.78, 5) is 11.1. The fourth-order valence-electron chi connectivity index (χ4n) is 3.31. The number of rotatable bonds is 5. The summed E-state index contributed by atoms with van der Waals surface area (Å²) in [5.74, 6) is -1.38. The Balaban J connectivity index is 1.71. The molecular formula is C19H13ClF6N6O. The van der Waals surface area contributed by atoms with Gasteiger partial charge >= 0.3 is 12.1 Å². The first-order valence-electron chi connectivity index (χ1n) is 9.21.